The highest BCUT2D eigenvalue weighted by Gasteiger charge is 2.25. The first-order valence-corrected chi connectivity index (χ1v) is 5.21. The van der Waals surface area contributed by atoms with Crippen LogP contribution in [-0.4, -0.2) is 33.3 Å². The third-order valence-electron chi connectivity index (χ3n) is 2.87. The lowest BCUT2D eigenvalue weighted by Crippen LogP contribution is -2.34. The van der Waals surface area contributed by atoms with Gasteiger partial charge < -0.3 is 10.4 Å². The Morgan fingerprint density at radius 3 is 3.07 bits per heavy atom. The van der Waals surface area contributed by atoms with E-state index in [1.807, 2.05) is 0 Å². The number of nitrogens with zero attached hydrogens (tertiary/aromatic N) is 2. The summed E-state index contributed by atoms with van der Waals surface area (Å²) in [6, 6.07) is -0.188. The number of aliphatic hydroxyl groups excluding tert-OH is 1. The highest BCUT2D eigenvalue weighted by Crippen LogP contribution is 2.24. The molecule has 5 heteroatoms. The van der Waals surface area contributed by atoms with Gasteiger partial charge in [0.2, 0.25) is 0 Å². The summed E-state index contributed by atoms with van der Waals surface area (Å²) in [5.74, 6) is 0.206. The maximum Gasteiger partial charge on any atom is 0.326 e. The number of carbonyl (C=O) groups is 1. The molecule has 1 aromatic heterocycles. The Bertz CT molecular complexity index is 323. The van der Waals surface area contributed by atoms with Crippen molar-refractivity contribution >= 4 is 6.03 Å². The fourth-order valence-corrected chi connectivity index (χ4v) is 1.94. The van der Waals surface area contributed by atoms with Crippen molar-refractivity contribution in [1.29, 1.82) is 0 Å². The molecule has 1 amide bonds. The van der Waals surface area contributed by atoms with Crippen LogP contribution in [0, 0.1) is 5.92 Å². The van der Waals surface area contributed by atoms with Crippen LogP contribution in [0.4, 0.5) is 4.79 Å². The number of hydrogen-bond acceptors (Lipinski definition) is 3. The number of carbonyl (C=O) groups excluding carboxylic acids is 1. The number of imidazole rings is 1. The van der Waals surface area contributed by atoms with E-state index in [1.54, 1.807) is 12.4 Å². The standard InChI is InChI=1S/C10H15N3O2/c14-9-3-1-2-8(9)6-12-10(15)13-5-4-11-7-13/h4-5,7-9,14H,1-3,6H2,(H,12,15). The molecule has 2 atom stereocenters. The van der Waals surface area contributed by atoms with Gasteiger partial charge in [0.1, 0.15) is 6.33 Å². The van der Waals surface area contributed by atoms with Gasteiger partial charge >= 0.3 is 6.03 Å². The molecule has 2 unspecified atom stereocenters. The topological polar surface area (TPSA) is 67.2 Å². The van der Waals surface area contributed by atoms with Crippen LogP contribution in [0.2, 0.25) is 0 Å². The van der Waals surface area contributed by atoms with Gasteiger partial charge in [-0.15, -0.1) is 0 Å². The second-order valence-corrected chi connectivity index (χ2v) is 3.91. The summed E-state index contributed by atoms with van der Waals surface area (Å²) < 4.78 is 1.39. The molecule has 2 rings (SSSR count). The number of amides is 1. The average molecular weight is 209 g/mol. The molecule has 0 aromatic carbocycles. The van der Waals surface area contributed by atoms with Crippen molar-refractivity contribution in [2.45, 2.75) is 25.4 Å². The zero-order valence-corrected chi connectivity index (χ0v) is 8.47. The molecule has 15 heavy (non-hydrogen) atoms. The van der Waals surface area contributed by atoms with Crippen molar-refractivity contribution in [2.75, 3.05) is 6.54 Å². The molecule has 5 nitrogen and oxygen atoms in total. The van der Waals surface area contributed by atoms with Crippen LogP contribution >= 0.6 is 0 Å². The van der Waals surface area contributed by atoms with Crippen LogP contribution in [0.5, 0.6) is 0 Å². The minimum Gasteiger partial charge on any atom is -0.393 e. The van der Waals surface area contributed by atoms with Crippen molar-refractivity contribution in [3.05, 3.63) is 18.7 Å². The van der Waals surface area contributed by atoms with Crippen molar-refractivity contribution in [3.8, 4) is 0 Å². The lowest BCUT2D eigenvalue weighted by Gasteiger charge is -2.14. The van der Waals surface area contributed by atoms with Crippen molar-refractivity contribution < 1.29 is 9.90 Å². The molecule has 1 aliphatic carbocycles. The summed E-state index contributed by atoms with van der Waals surface area (Å²) in [4.78, 5) is 15.3. The Hall–Kier alpha value is -1.36. The number of aromatic nitrogens is 2. The summed E-state index contributed by atoms with van der Waals surface area (Å²) in [7, 11) is 0. The van der Waals surface area contributed by atoms with Gasteiger partial charge in [-0.05, 0) is 12.8 Å². The summed E-state index contributed by atoms with van der Waals surface area (Å²) in [5.41, 5.74) is 0. The molecule has 82 valence electrons. The van der Waals surface area contributed by atoms with Gasteiger partial charge in [-0.1, -0.05) is 6.42 Å². The van der Waals surface area contributed by atoms with Crippen LogP contribution in [-0.2, 0) is 0 Å². The Kier molecular flexibility index (Phi) is 3.01. The summed E-state index contributed by atoms with van der Waals surface area (Å²) in [6.45, 7) is 0.540. The third kappa shape index (κ3) is 2.36. The van der Waals surface area contributed by atoms with E-state index in [0.29, 0.717) is 6.54 Å². The number of nitrogens with one attached hydrogen (secondary N) is 1. The van der Waals surface area contributed by atoms with Crippen LogP contribution in [0.25, 0.3) is 0 Å². The molecule has 1 aliphatic rings. The number of hydrogen-bond donors (Lipinski definition) is 2. The highest BCUT2D eigenvalue weighted by atomic mass is 16.3. The van der Waals surface area contributed by atoms with Crippen molar-refractivity contribution in [1.82, 2.24) is 14.9 Å². The Morgan fingerprint density at radius 2 is 2.47 bits per heavy atom. The predicted molar refractivity (Wildman–Crippen MR) is 54.4 cm³/mol. The molecule has 1 saturated carbocycles. The molecule has 0 bridgehead atoms. The molecule has 1 heterocycles. The molecule has 0 spiro atoms. The lowest BCUT2D eigenvalue weighted by atomic mass is 10.1. The third-order valence-corrected chi connectivity index (χ3v) is 2.87. The van der Waals surface area contributed by atoms with Gasteiger partial charge in [0.25, 0.3) is 0 Å². The van der Waals surface area contributed by atoms with E-state index in [1.165, 1.54) is 10.9 Å². The fourth-order valence-electron chi connectivity index (χ4n) is 1.94. The maximum atomic E-state index is 11.5. The molecule has 0 saturated heterocycles. The molecule has 0 radical (unpaired) electrons. The van der Waals surface area contributed by atoms with Crippen molar-refractivity contribution in [2.24, 2.45) is 5.92 Å². The first kappa shape index (κ1) is 10.2. The zero-order chi connectivity index (χ0) is 10.7. The van der Waals surface area contributed by atoms with Gasteiger partial charge in [-0.2, -0.15) is 0 Å². The first-order valence-electron chi connectivity index (χ1n) is 5.21. The van der Waals surface area contributed by atoms with E-state index in [4.69, 9.17) is 0 Å². The van der Waals surface area contributed by atoms with Gasteiger partial charge in [0.05, 0.1) is 6.10 Å². The Morgan fingerprint density at radius 1 is 1.60 bits per heavy atom. The largest absolute Gasteiger partial charge is 0.393 e. The Labute approximate surface area is 88.1 Å². The lowest BCUT2D eigenvalue weighted by molar-refractivity contribution is 0.132. The smallest absolute Gasteiger partial charge is 0.326 e. The molecule has 0 aliphatic heterocycles. The van der Waals surface area contributed by atoms with Gasteiger partial charge in [-0.25, -0.2) is 9.78 Å². The van der Waals surface area contributed by atoms with Crippen LogP contribution < -0.4 is 5.32 Å². The Balaban J connectivity index is 1.81. The number of aliphatic hydroxyl groups is 1. The quantitative estimate of drug-likeness (QED) is 0.749. The zero-order valence-electron chi connectivity index (χ0n) is 8.47. The van der Waals surface area contributed by atoms with Crippen LogP contribution in [0.1, 0.15) is 19.3 Å². The van der Waals surface area contributed by atoms with E-state index < -0.39 is 0 Å². The minimum atomic E-state index is -0.256. The molecule has 2 N–H and O–H groups in total. The molecule has 1 fully saturated rings. The fraction of sp³-hybridized carbons (Fsp3) is 0.600. The SMILES string of the molecule is O=C(NCC1CCCC1O)n1ccnc1. The monoisotopic (exact) mass is 209 g/mol. The second kappa shape index (κ2) is 4.44. The number of rotatable bonds is 2. The van der Waals surface area contributed by atoms with E-state index in [-0.39, 0.29) is 18.1 Å². The van der Waals surface area contributed by atoms with E-state index in [9.17, 15) is 9.90 Å². The second-order valence-electron chi connectivity index (χ2n) is 3.91. The van der Waals surface area contributed by atoms with E-state index in [0.717, 1.165) is 19.3 Å². The molecule has 1 aromatic rings. The van der Waals surface area contributed by atoms with Crippen LogP contribution in [0.15, 0.2) is 18.7 Å². The summed E-state index contributed by atoms with van der Waals surface area (Å²) >= 11 is 0. The van der Waals surface area contributed by atoms with Crippen molar-refractivity contribution in [3.63, 3.8) is 0 Å². The summed E-state index contributed by atoms with van der Waals surface area (Å²) in [5, 5.41) is 12.3. The van der Waals surface area contributed by atoms with Gasteiger partial charge in [0, 0.05) is 24.9 Å². The minimum absolute atomic E-state index is 0.188. The molecular weight excluding hydrogens is 194 g/mol. The first-order chi connectivity index (χ1) is 7.27. The maximum absolute atomic E-state index is 11.5. The predicted octanol–water partition coefficient (Wildman–Crippen LogP) is 0.602. The normalized spacial score (nSPS) is 25.4. The highest BCUT2D eigenvalue weighted by molar-refractivity contribution is 5.76. The van der Waals surface area contributed by atoms with Crippen LogP contribution in [0.3, 0.4) is 0 Å². The van der Waals surface area contributed by atoms with E-state index >= 15 is 0 Å². The van der Waals surface area contributed by atoms with Gasteiger partial charge in [0.15, 0.2) is 0 Å². The van der Waals surface area contributed by atoms with Gasteiger partial charge in [-0.3, -0.25) is 4.57 Å². The molecular formula is C10H15N3O2. The summed E-state index contributed by atoms with van der Waals surface area (Å²) in [6.07, 6.45) is 7.25. The van der Waals surface area contributed by atoms with E-state index in [2.05, 4.69) is 10.3 Å². The average Bonchev–Trinajstić information content (AvgIpc) is 2.85.